The van der Waals surface area contributed by atoms with Crippen LogP contribution < -0.4 is 10.5 Å². The number of anilines is 1. The average molecular weight is 297 g/mol. The Morgan fingerprint density at radius 1 is 1.35 bits per heavy atom. The molecule has 1 unspecified atom stereocenters. The zero-order valence-electron chi connectivity index (χ0n) is 11.8. The molecule has 0 aliphatic carbocycles. The SMILES string of the molecule is Cc1cc(N)cc(S(=O)(=O)NC2CCN(C)C2=O)c1C. The molecule has 7 heteroatoms. The van der Waals surface area contributed by atoms with E-state index in [4.69, 9.17) is 5.73 Å². The number of nitrogens with zero attached hydrogens (tertiary/aromatic N) is 1. The van der Waals surface area contributed by atoms with E-state index in [1.54, 1.807) is 27.0 Å². The van der Waals surface area contributed by atoms with E-state index in [9.17, 15) is 13.2 Å². The van der Waals surface area contributed by atoms with Crippen LogP contribution in [0.15, 0.2) is 17.0 Å². The van der Waals surface area contributed by atoms with Gasteiger partial charge in [0, 0.05) is 19.3 Å². The van der Waals surface area contributed by atoms with Crippen molar-refractivity contribution in [2.24, 2.45) is 0 Å². The summed E-state index contributed by atoms with van der Waals surface area (Å²) in [6.07, 6.45) is 0.481. The number of nitrogen functional groups attached to an aromatic ring is 1. The van der Waals surface area contributed by atoms with Crippen molar-refractivity contribution in [2.45, 2.75) is 31.2 Å². The Morgan fingerprint density at radius 3 is 2.55 bits per heavy atom. The van der Waals surface area contributed by atoms with Gasteiger partial charge in [-0.2, -0.15) is 4.72 Å². The van der Waals surface area contributed by atoms with E-state index < -0.39 is 16.1 Å². The third kappa shape index (κ3) is 2.64. The number of likely N-dealkylation sites (tertiary alicyclic amines) is 1. The van der Waals surface area contributed by atoms with Gasteiger partial charge in [0.05, 0.1) is 4.90 Å². The van der Waals surface area contributed by atoms with E-state index in [-0.39, 0.29) is 10.8 Å². The van der Waals surface area contributed by atoms with Crippen LogP contribution >= 0.6 is 0 Å². The first kappa shape index (κ1) is 14.8. The fourth-order valence-electron chi connectivity index (χ4n) is 2.32. The zero-order chi connectivity index (χ0) is 15.1. The first-order valence-electron chi connectivity index (χ1n) is 6.36. The Balaban J connectivity index is 2.34. The van der Waals surface area contributed by atoms with E-state index in [1.165, 1.54) is 11.0 Å². The van der Waals surface area contributed by atoms with Crippen LogP contribution in [0.4, 0.5) is 5.69 Å². The first-order chi connectivity index (χ1) is 9.22. The fourth-order valence-corrected chi connectivity index (χ4v) is 3.89. The highest BCUT2D eigenvalue weighted by molar-refractivity contribution is 7.89. The van der Waals surface area contributed by atoms with Gasteiger partial charge < -0.3 is 10.6 Å². The van der Waals surface area contributed by atoms with Crippen LogP contribution in [0.2, 0.25) is 0 Å². The summed E-state index contributed by atoms with van der Waals surface area (Å²) in [6.45, 7) is 4.09. The number of hydrogen-bond donors (Lipinski definition) is 2. The lowest BCUT2D eigenvalue weighted by Crippen LogP contribution is -2.40. The smallest absolute Gasteiger partial charge is 0.241 e. The maximum absolute atomic E-state index is 12.4. The largest absolute Gasteiger partial charge is 0.399 e. The quantitative estimate of drug-likeness (QED) is 0.790. The van der Waals surface area contributed by atoms with Crippen LogP contribution in [0.3, 0.4) is 0 Å². The number of likely N-dealkylation sites (N-methyl/N-ethyl adjacent to an activating group) is 1. The maximum Gasteiger partial charge on any atom is 0.241 e. The predicted molar refractivity (Wildman–Crippen MR) is 76.7 cm³/mol. The number of sulfonamides is 1. The number of hydrogen-bond acceptors (Lipinski definition) is 4. The second kappa shape index (κ2) is 5.06. The summed E-state index contributed by atoms with van der Waals surface area (Å²) in [4.78, 5) is 13.5. The summed E-state index contributed by atoms with van der Waals surface area (Å²) in [5.74, 6) is -0.202. The monoisotopic (exact) mass is 297 g/mol. The molecule has 0 spiro atoms. The number of amides is 1. The fraction of sp³-hybridized carbons (Fsp3) is 0.462. The minimum absolute atomic E-state index is 0.136. The minimum Gasteiger partial charge on any atom is -0.399 e. The third-order valence-corrected chi connectivity index (χ3v) is 5.25. The molecule has 1 aliphatic heterocycles. The second-order valence-corrected chi connectivity index (χ2v) is 6.87. The molecule has 1 amide bonds. The van der Waals surface area contributed by atoms with Crippen molar-refractivity contribution in [3.63, 3.8) is 0 Å². The molecule has 0 radical (unpaired) electrons. The molecule has 2 rings (SSSR count). The lowest BCUT2D eigenvalue weighted by Gasteiger charge is -2.15. The molecule has 6 nitrogen and oxygen atoms in total. The molecule has 110 valence electrons. The van der Waals surface area contributed by atoms with Crippen LogP contribution in [0.1, 0.15) is 17.5 Å². The summed E-state index contributed by atoms with van der Waals surface area (Å²) in [7, 11) is -2.09. The van der Waals surface area contributed by atoms with Gasteiger partial charge in [-0.3, -0.25) is 4.79 Å². The molecule has 3 N–H and O–H groups in total. The molecule has 1 atom stereocenters. The van der Waals surface area contributed by atoms with Crippen molar-refractivity contribution < 1.29 is 13.2 Å². The highest BCUT2D eigenvalue weighted by Crippen LogP contribution is 2.23. The molecule has 1 aliphatic rings. The summed E-state index contributed by atoms with van der Waals surface area (Å²) in [5, 5.41) is 0. The van der Waals surface area contributed by atoms with Crippen LogP contribution in [0.5, 0.6) is 0 Å². The summed E-state index contributed by atoms with van der Waals surface area (Å²) in [5.41, 5.74) is 7.56. The van der Waals surface area contributed by atoms with Gasteiger partial charge in [-0.15, -0.1) is 0 Å². The minimum atomic E-state index is -3.75. The number of nitrogens with one attached hydrogen (secondary N) is 1. The van der Waals surface area contributed by atoms with Gasteiger partial charge in [0.15, 0.2) is 0 Å². The normalized spacial score (nSPS) is 19.6. The first-order valence-corrected chi connectivity index (χ1v) is 7.84. The van der Waals surface area contributed by atoms with Gasteiger partial charge in [-0.25, -0.2) is 8.42 Å². The van der Waals surface area contributed by atoms with Crippen molar-refractivity contribution in [1.29, 1.82) is 0 Å². The van der Waals surface area contributed by atoms with Crippen LogP contribution in [0.25, 0.3) is 0 Å². The molecular formula is C13H19N3O3S. The van der Waals surface area contributed by atoms with E-state index in [0.717, 1.165) is 5.56 Å². The Morgan fingerprint density at radius 2 is 2.00 bits per heavy atom. The van der Waals surface area contributed by atoms with Crippen molar-refractivity contribution in [2.75, 3.05) is 19.3 Å². The molecule has 1 heterocycles. The molecule has 0 saturated carbocycles. The molecule has 20 heavy (non-hydrogen) atoms. The predicted octanol–water partition coefficient (Wildman–Crippen LogP) is 0.395. The van der Waals surface area contributed by atoms with Gasteiger partial charge in [0.2, 0.25) is 15.9 Å². The van der Waals surface area contributed by atoms with Crippen molar-refractivity contribution in [3.05, 3.63) is 23.3 Å². The summed E-state index contributed by atoms with van der Waals surface area (Å²) < 4.78 is 27.3. The van der Waals surface area contributed by atoms with Crippen LogP contribution in [0, 0.1) is 13.8 Å². The molecule has 0 bridgehead atoms. The van der Waals surface area contributed by atoms with Crippen molar-refractivity contribution >= 4 is 21.6 Å². The lowest BCUT2D eigenvalue weighted by atomic mass is 10.1. The van der Waals surface area contributed by atoms with Gasteiger partial charge in [0.25, 0.3) is 0 Å². The molecule has 1 aromatic carbocycles. The number of carbonyl (C=O) groups excluding carboxylic acids is 1. The van der Waals surface area contributed by atoms with Crippen molar-refractivity contribution in [3.8, 4) is 0 Å². The van der Waals surface area contributed by atoms with Crippen molar-refractivity contribution in [1.82, 2.24) is 9.62 Å². The highest BCUT2D eigenvalue weighted by Gasteiger charge is 2.33. The standard InChI is InChI=1S/C13H19N3O3S/c1-8-6-10(14)7-12(9(8)2)20(18,19)15-11-4-5-16(3)13(11)17/h6-7,11,15H,4-5,14H2,1-3H3. The number of benzene rings is 1. The Kier molecular flexibility index (Phi) is 3.75. The average Bonchev–Trinajstić information content (AvgIpc) is 2.65. The highest BCUT2D eigenvalue weighted by atomic mass is 32.2. The van der Waals surface area contributed by atoms with Gasteiger partial charge in [-0.1, -0.05) is 0 Å². The summed E-state index contributed by atoms with van der Waals surface area (Å²) >= 11 is 0. The Labute approximate surface area is 119 Å². The Bertz CT molecular complexity index is 655. The molecule has 0 aromatic heterocycles. The zero-order valence-corrected chi connectivity index (χ0v) is 12.6. The Hall–Kier alpha value is -1.60. The van der Waals surface area contributed by atoms with Gasteiger partial charge in [-0.05, 0) is 43.5 Å². The maximum atomic E-state index is 12.4. The van der Waals surface area contributed by atoms with Gasteiger partial charge in [0.1, 0.15) is 6.04 Å². The second-order valence-electron chi connectivity index (χ2n) is 5.18. The van der Waals surface area contributed by atoms with E-state index in [1.807, 2.05) is 0 Å². The molecule has 1 aromatic rings. The third-order valence-electron chi connectivity index (χ3n) is 3.66. The summed E-state index contributed by atoms with van der Waals surface area (Å²) in [6, 6.07) is 2.46. The van der Waals surface area contributed by atoms with Crippen LogP contribution in [-0.2, 0) is 14.8 Å². The lowest BCUT2D eigenvalue weighted by molar-refractivity contribution is -0.127. The number of carbonyl (C=O) groups is 1. The van der Waals surface area contributed by atoms with Gasteiger partial charge >= 0.3 is 0 Å². The van der Waals surface area contributed by atoms with E-state index in [0.29, 0.717) is 24.2 Å². The topological polar surface area (TPSA) is 92.5 Å². The number of nitrogens with two attached hydrogens (primary N) is 1. The number of aryl methyl sites for hydroxylation is 1. The molecule has 1 saturated heterocycles. The van der Waals surface area contributed by atoms with E-state index >= 15 is 0 Å². The number of rotatable bonds is 3. The van der Waals surface area contributed by atoms with Crippen LogP contribution in [-0.4, -0.2) is 38.9 Å². The molecular weight excluding hydrogens is 278 g/mol. The molecule has 1 fully saturated rings. The van der Waals surface area contributed by atoms with E-state index in [2.05, 4.69) is 4.72 Å².